The number of likely N-dealkylation sites (N-methyl/N-ethyl adjacent to an activating group) is 1. The van der Waals surface area contributed by atoms with Crippen LogP contribution in [0.4, 0.5) is 11.4 Å². The quantitative estimate of drug-likeness (QED) is 0.674. The predicted molar refractivity (Wildman–Crippen MR) is 78.1 cm³/mol. The molecule has 1 aliphatic heterocycles. The second kappa shape index (κ2) is 6.19. The number of nitro groups is 1. The molecule has 0 aliphatic carbocycles. The summed E-state index contributed by atoms with van der Waals surface area (Å²) in [5.41, 5.74) is 1.30. The second-order valence-corrected chi connectivity index (χ2v) is 5.33. The monoisotopic (exact) mass is 279 g/mol. The molecule has 1 fully saturated rings. The number of benzene rings is 1. The van der Waals surface area contributed by atoms with Crippen LogP contribution in [0.25, 0.3) is 0 Å². The summed E-state index contributed by atoms with van der Waals surface area (Å²) < 4.78 is 0. The van der Waals surface area contributed by atoms with E-state index in [0.717, 1.165) is 32.6 Å². The molecule has 6 nitrogen and oxygen atoms in total. The number of aliphatic hydroxyl groups is 1. The first-order valence-electron chi connectivity index (χ1n) is 6.89. The predicted octanol–water partition coefficient (Wildman–Crippen LogP) is 1.79. The molecule has 0 radical (unpaired) electrons. The van der Waals surface area contributed by atoms with Crippen molar-refractivity contribution >= 4 is 11.4 Å². The van der Waals surface area contributed by atoms with Gasteiger partial charge in [0.25, 0.3) is 5.69 Å². The maximum atomic E-state index is 11.3. The van der Waals surface area contributed by atoms with E-state index in [1.165, 1.54) is 6.07 Å². The smallest absolute Gasteiger partial charge is 0.292 e. The molecule has 1 saturated heterocycles. The van der Waals surface area contributed by atoms with Gasteiger partial charge in [0.15, 0.2) is 0 Å². The molecule has 1 N–H and O–H groups in total. The van der Waals surface area contributed by atoms with Gasteiger partial charge >= 0.3 is 0 Å². The Morgan fingerprint density at radius 2 is 2.05 bits per heavy atom. The Balaban J connectivity index is 2.32. The third-order valence-electron chi connectivity index (χ3n) is 3.74. The normalized spacial score (nSPS) is 18.6. The minimum Gasteiger partial charge on any atom is -0.389 e. The van der Waals surface area contributed by atoms with E-state index >= 15 is 0 Å². The topological polar surface area (TPSA) is 69.8 Å². The maximum absolute atomic E-state index is 11.3. The van der Waals surface area contributed by atoms with E-state index in [1.807, 2.05) is 0 Å². The number of nitro benzene ring substituents is 1. The van der Waals surface area contributed by atoms with Crippen molar-refractivity contribution in [3.63, 3.8) is 0 Å². The van der Waals surface area contributed by atoms with E-state index in [4.69, 9.17) is 0 Å². The zero-order valence-electron chi connectivity index (χ0n) is 12.0. The number of hydrogen-bond donors (Lipinski definition) is 1. The van der Waals surface area contributed by atoms with Crippen molar-refractivity contribution in [3.8, 4) is 0 Å². The number of hydrogen-bond acceptors (Lipinski definition) is 5. The molecular weight excluding hydrogens is 258 g/mol. The summed E-state index contributed by atoms with van der Waals surface area (Å²) >= 11 is 0. The molecule has 0 spiro atoms. The van der Waals surface area contributed by atoms with E-state index < -0.39 is 6.10 Å². The van der Waals surface area contributed by atoms with Gasteiger partial charge in [-0.1, -0.05) is 6.07 Å². The van der Waals surface area contributed by atoms with E-state index in [-0.39, 0.29) is 10.6 Å². The Hall–Kier alpha value is -1.66. The Bertz CT molecular complexity index is 491. The van der Waals surface area contributed by atoms with Gasteiger partial charge in [-0.15, -0.1) is 0 Å². The third kappa shape index (κ3) is 3.26. The van der Waals surface area contributed by atoms with Crippen LogP contribution in [0.2, 0.25) is 0 Å². The van der Waals surface area contributed by atoms with Crippen LogP contribution < -0.4 is 4.90 Å². The summed E-state index contributed by atoms with van der Waals surface area (Å²) in [6.45, 7) is 5.12. The van der Waals surface area contributed by atoms with Crippen LogP contribution in [0.15, 0.2) is 18.2 Å². The summed E-state index contributed by atoms with van der Waals surface area (Å²) in [7, 11) is 2.06. The van der Waals surface area contributed by atoms with Crippen LogP contribution in [-0.2, 0) is 0 Å². The van der Waals surface area contributed by atoms with E-state index in [1.54, 1.807) is 19.1 Å². The molecule has 1 heterocycles. The van der Waals surface area contributed by atoms with Gasteiger partial charge in [0, 0.05) is 25.7 Å². The number of nitrogens with zero attached hydrogens (tertiary/aromatic N) is 3. The van der Waals surface area contributed by atoms with Crippen LogP contribution in [-0.4, -0.2) is 48.2 Å². The van der Waals surface area contributed by atoms with Gasteiger partial charge in [-0.3, -0.25) is 10.1 Å². The molecule has 0 bridgehead atoms. The Kier molecular flexibility index (Phi) is 4.57. The largest absolute Gasteiger partial charge is 0.389 e. The van der Waals surface area contributed by atoms with Gasteiger partial charge in [0.2, 0.25) is 0 Å². The second-order valence-electron chi connectivity index (χ2n) is 5.33. The highest BCUT2D eigenvalue weighted by molar-refractivity contribution is 5.64. The molecular formula is C14H21N3O3. The standard InChI is InChI=1S/C14H21N3O3/c1-11(18)12-4-5-13(14(10-12)17(19)20)16-7-3-6-15(2)8-9-16/h4-5,10-11,18H,3,6-9H2,1-2H3/t11-/m0/s1. The van der Waals surface area contributed by atoms with Crippen molar-refractivity contribution in [3.05, 3.63) is 33.9 Å². The highest BCUT2D eigenvalue weighted by Gasteiger charge is 2.22. The number of aliphatic hydroxyl groups excluding tert-OH is 1. The van der Waals surface area contributed by atoms with Gasteiger partial charge in [-0.2, -0.15) is 0 Å². The fourth-order valence-electron chi connectivity index (χ4n) is 2.50. The molecule has 1 atom stereocenters. The molecule has 0 amide bonds. The summed E-state index contributed by atoms with van der Waals surface area (Å²) in [5, 5.41) is 20.8. The first-order valence-corrected chi connectivity index (χ1v) is 6.89. The minimum absolute atomic E-state index is 0.0768. The highest BCUT2D eigenvalue weighted by atomic mass is 16.6. The Labute approximate surface area is 118 Å². The minimum atomic E-state index is -0.696. The van der Waals surface area contributed by atoms with Crippen LogP contribution in [0.1, 0.15) is 25.0 Å². The fourth-order valence-corrected chi connectivity index (χ4v) is 2.50. The maximum Gasteiger partial charge on any atom is 0.292 e. The molecule has 0 unspecified atom stereocenters. The summed E-state index contributed by atoms with van der Waals surface area (Å²) in [6.07, 6.45) is 0.296. The molecule has 0 aromatic heterocycles. The van der Waals surface area contributed by atoms with Crippen molar-refractivity contribution in [2.45, 2.75) is 19.4 Å². The van der Waals surface area contributed by atoms with Crippen molar-refractivity contribution in [2.24, 2.45) is 0 Å². The molecule has 1 aromatic carbocycles. The van der Waals surface area contributed by atoms with Gasteiger partial charge in [-0.05, 0) is 38.6 Å². The Morgan fingerprint density at radius 3 is 2.70 bits per heavy atom. The average Bonchev–Trinajstić information content (AvgIpc) is 2.62. The molecule has 2 rings (SSSR count). The van der Waals surface area contributed by atoms with Gasteiger partial charge < -0.3 is 14.9 Å². The molecule has 6 heteroatoms. The lowest BCUT2D eigenvalue weighted by Crippen LogP contribution is -2.29. The molecule has 110 valence electrons. The zero-order valence-corrected chi connectivity index (χ0v) is 12.0. The lowest BCUT2D eigenvalue weighted by atomic mass is 10.1. The van der Waals surface area contributed by atoms with Gasteiger partial charge in [0.05, 0.1) is 11.0 Å². The van der Waals surface area contributed by atoms with Crippen LogP contribution in [0.5, 0.6) is 0 Å². The molecule has 1 aliphatic rings. The van der Waals surface area contributed by atoms with E-state index in [0.29, 0.717) is 11.3 Å². The van der Waals surface area contributed by atoms with Crippen molar-refractivity contribution in [2.75, 3.05) is 38.1 Å². The van der Waals surface area contributed by atoms with Crippen molar-refractivity contribution in [1.29, 1.82) is 0 Å². The van der Waals surface area contributed by atoms with Crippen LogP contribution in [0, 0.1) is 10.1 Å². The molecule has 1 aromatic rings. The van der Waals surface area contributed by atoms with Crippen LogP contribution in [0.3, 0.4) is 0 Å². The summed E-state index contributed by atoms with van der Waals surface area (Å²) in [6, 6.07) is 5.00. The molecule has 20 heavy (non-hydrogen) atoms. The zero-order chi connectivity index (χ0) is 14.7. The Morgan fingerprint density at radius 1 is 1.30 bits per heavy atom. The van der Waals surface area contributed by atoms with E-state index in [2.05, 4.69) is 16.8 Å². The number of anilines is 1. The first-order chi connectivity index (χ1) is 9.49. The van der Waals surface area contributed by atoms with Gasteiger partial charge in [0.1, 0.15) is 5.69 Å². The van der Waals surface area contributed by atoms with Crippen LogP contribution >= 0.6 is 0 Å². The van der Waals surface area contributed by atoms with E-state index in [9.17, 15) is 15.2 Å². The third-order valence-corrected chi connectivity index (χ3v) is 3.74. The van der Waals surface area contributed by atoms with Crippen molar-refractivity contribution in [1.82, 2.24) is 4.90 Å². The average molecular weight is 279 g/mol. The van der Waals surface area contributed by atoms with Crippen molar-refractivity contribution < 1.29 is 10.0 Å². The summed E-state index contributed by atoms with van der Waals surface area (Å²) in [5.74, 6) is 0. The molecule has 0 saturated carbocycles. The van der Waals surface area contributed by atoms with Gasteiger partial charge in [-0.25, -0.2) is 0 Å². The highest BCUT2D eigenvalue weighted by Crippen LogP contribution is 2.31. The fraction of sp³-hybridized carbons (Fsp3) is 0.571. The summed E-state index contributed by atoms with van der Waals surface area (Å²) in [4.78, 5) is 15.2. The lowest BCUT2D eigenvalue weighted by Gasteiger charge is -2.23. The first kappa shape index (κ1) is 14.7. The number of rotatable bonds is 3. The lowest BCUT2D eigenvalue weighted by molar-refractivity contribution is -0.384. The SMILES string of the molecule is C[C@H](O)c1ccc(N2CCCN(C)CC2)c([N+](=O)[O-])c1.